The van der Waals surface area contributed by atoms with Crippen molar-refractivity contribution in [1.82, 2.24) is 0 Å². The molecule has 0 aliphatic carbocycles. The van der Waals surface area contributed by atoms with E-state index in [0.29, 0.717) is 0 Å². The number of anilines is 2. The summed E-state index contributed by atoms with van der Waals surface area (Å²) in [7, 11) is 8.55. The quantitative estimate of drug-likeness (QED) is 0.246. The molecule has 0 radical (unpaired) electrons. The zero-order chi connectivity index (χ0) is 28.8. The van der Waals surface area contributed by atoms with Gasteiger partial charge in [0.15, 0.2) is 0 Å². The number of hydrogen-bond donors (Lipinski definition) is 0. The van der Waals surface area contributed by atoms with Crippen LogP contribution >= 0.6 is 12.1 Å². The van der Waals surface area contributed by atoms with Gasteiger partial charge in [0.1, 0.15) is 0 Å². The molecule has 0 amide bonds. The normalized spacial score (nSPS) is 15.0. The summed E-state index contributed by atoms with van der Waals surface area (Å²) >= 11 is 2.21. The fourth-order valence-corrected chi connectivity index (χ4v) is 43.7. The average molecular weight is 591 g/mol. The molecule has 2 aromatic rings. The summed E-state index contributed by atoms with van der Waals surface area (Å²) in [6, 6.07) is 14.9. The van der Waals surface area contributed by atoms with E-state index in [2.05, 4.69) is 183 Å². The van der Waals surface area contributed by atoms with Gasteiger partial charge in [0, 0.05) is 0 Å². The Balaban J connectivity index is 3.04. The van der Waals surface area contributed by atoms with Crippen molar-refractivity contribution in [2.24, 2.45) is 0 Å². The van der Waals surface area contributed by atoms with Gasteiger partial charge >= 0.3 is 238 Å². The van der Waals surface area contributed by atoms with E-state index in [0.717, 1.165) is 0 Å². The van der Waals surface area contributed by atoms with Gasteiger partial charge in [0.05, 0.1) is 0 Å². The van der Waals surface area contributed by atoms with E-state index in [1.807, 2.05) is 0 Å². The van der Waals surface area contributed by atoms with Crippen molar-refractivity contribution < 1.29 is 13.6 Å². The molecule has 0 saturated carbocycles. The van der Waals surface area contributed by atoms with E-state index in [9.17, 15) is 0 Å². The first-order chi connectivity index (χ1) is 16.5. The molecule has 0 aliphatic rings. The SMILES string of the molecule is CN(C)c1ccc([PH]([Ni][PH](c2ccc(N(C)C)cc2)(C(C)(C)C)C(C)(C)C)(C(C)(C)C)C(C)(C)C)cc1. The van der Waals surface area contributed by atoms with Gasteiger partial charge in [-0.2, -0.15) is 0 Å². The Labute approximate surface area is 237 Å². The molecule has 0 fully saturated rings. The van der Waals surface area contributed by atoms with Crippen molar-refractivity contribution >= 4 is 34.1 Å². The first-order valence-electron chi connectivity index (χ1n) is 13.7. The van der Waals surface area contributed by atoms with E-state index >= 15 is 0 Å². The second-order valence-corrected chi connectivity index (χ2v) is 32.1. The first-order valence-corrected chi connectivity index (χ1v) is 20.3. The summed E-state index contributed by atoms with van der Waals surface area (Å²) in [6.45, 7) is 30.4. The fraction of sp³-hybridized carbons (Fsp3) is 0.625. The van der Waals surface area contributed by atoms with Gasteiger partial charge < -0.3 is 0 Å². The molecule has 2 nitrogen and oxygen atoms in total. The summed E-state index contributed by atoms with van der Waals surface area (Å²) in [5.74, 6) is 0. The predicted octanol–water partition coefficient (Wildman–Crippen LogP) is 8.38. The Hall–Kier alpha value is -0.606. The minimum absolute atomic E-state index is 0.170. The van der Waals surface area contributed by atoms with Crippen molar-refractivity contribution in [3.63, 3.8) is 0 Å². The fourth-order valence-electron chi connectivity index (χ4n) is 6.68. The minimum atomic E-state index is -2.24. The maximum atomic E-state index is 2.53. The Kier molecular flexibility index (Phi) is 9.48. The summed E-state index contributed by atoms with van der Waals surface area (Å²) in [5, 5.41) is 3.86. The van der Waals surface area contributed by atoms with Crippen LogP contribution in [0.25, 0.3) is 0 Å². The number of rotatable bonds is 6. The third-order valence-corrected chi connectivity index (χ3v) is 37.0. The molecule has 0 unspecified atom stereocenters. The molecule has 2 aromatic carbocycles. The van der Waals surface area contributed by atoms with Crippen LogP contribution in [0.5, 0.6) is 0 Å². The molecular formula is C32H58N2NiP2. The molecule has 0 spiro atoms. The van der Waals surface area contributed by atoms with Crippen molar-refractivity contribution in [2.75, 3.05) is 38.0 Å². The Bertz CT molecular complexity index is 916. The monoisotopic (exact) mass is 590 g/mol. The zero-order valence-corrected chi connectivity index (χ0v) is 29.8. The van der Waals surface area contributed by atoms with E-state index in [1.54, 1.807) is 10.6 Å². The molecule has 0 bridgehead atoms. The van der Waals surface area contributed by atoms with Crippen LogP contribution in [0.3, 0.4) is 0 Å². The Morgan fingerprint density at radius 1 is 0.432 bits per heavy atom. The summed E-state index contributed by atoms with van der Waals surface area (Å²) in [4.78, 5) is 4.43. The van der Waals surface area contributed by atoms with Gasteiger partial charge in [-0.1, -0.05) is 0 Å². The van der Waals surface area contributed by atoms with Crippen molar-refractivity contribution in [1.29, 1.82) is 0 Å². The molecule has 0 atom stereocenters. The molecule has 37 heavy (non-hydrogen) atoms. The topological polar surface area (TPSA) is 6.48 Å². The van der Waals surface area contributed by atoms with Gasteiger partial charge in [-0.3, -0.25) is 0 Å². The molecule has 0 saturated heterocycles. The summed E-state index contributed by atoms with van der Waals surface area (Å²) < 4.78 is 0. The van der Waals surface area contributed by atoms with Gasteiger partial charge in [0.25, 0.3) is 0 Å². The average Bonchev–Trinajstić information content (AvgIpc) is 2.71. The standard InChI is InChI=1S/2C16H28NP.Ni/c2*1-15(2,3)18(16(4,5)6)14-11-9-13(10-12-14)17(7)8;/h2*9-12H,1-8H3;/q;;-2/p+2. The molecule has 0 aliphatic heterocycles. The molecule has 216 valence electrons. The van der Waals surface area contributed by atoms with Crippen molar-refractivity contribution in [3.8, 4) is 0 Å². The third-order valence-electron chi connectivity index (χ3n) is 7.71. The van der Waals surface area contributed by atoms with E-state index in [1.165, 1.54) is 11.4 Å². The van der Waals surface area contributed by atoms with Gasteiger partial charge in [-0.25, -0.2) is 0 Å². The van der Waals surface area contributed by atoms with Crippen LogP contribution in [0.2, 0.25) is 0 Å². The molecule has 0 N–H and O–H groups in total. The number of benzene rings is 2. The molecule has 0 heterocycles. The molecular weight excluding hydrogens is 533 g/mol. The first kappa shape index (κ1) is 32.6. The second-order valence-electron chi connectivity index (χ2n) is 15.2. The van der Waals surface area contributed by atoms with Crippen LogP contribution in [0, 0.1) is 0 Å². The third kappa shape index (κ3) is 5.96. The van der Waals surface area contributed by atoms with Crippen LogP contribution < -0.4 is 20.4 Å². The Morgan fingerprint density at radius 2 is 0.649 bits per heavy atom. The van der Waals surface area contributed by atoms with E-state index in [4.69, 9.17) is 0 Å². The zero-order valence-electron chi connectivity index (χ0n) is 26.8. The van der Waals surface area contributed by atoms with Gasteiger partial charge in [0.2, 0.25) is 0 Å². The van der Waals surface area contributed by atoms with Crippen LogP contribution in [0.15, 0.2) is 48.5 Å². The summed E-state index contributed by atoms with van der Waals surface area (Å²) in [5.41, 5.74) is 2.55. The van der Waals surface area contributed by atoms with Crippen molar-refractivity contribution in [2.45, 2.75) is 104 Å². The second kappa shape index (κ2) is 10.8. The van der Waals surface area contributed by atoms with E-state index in [-0.39, 0.29) is 20.6 Å². The number of hydrogen-bond acceptors (Lipinski definition) is 2. The van der Waals surface area contributed by atoms with Crippen molar-refractivity contribution in [3.05, 3.63) is 48.5 Å². The maximum absolute atomic E-state index is 2.53. The Morgan fingerprint density at radius 3 is 0.811 bits per heavy atom. The van der Waals surface area contributed by atoms with Crippen LogP contribution in [0.4, 0.5) is 11.4 Å². The molecule has 5 heteroatoms. The van der Waals surface area contributed by atoms with E-state index < -0.39 is 12.1 Å². The van der Waals surface area contributed by atoms with Crippen LogP contribution in [-0.2, 0) is 13.6 Å². The van der Waals surface area contributed by atoms with Gasteiger partial charge in [-0.15, -0.1) is 0 Å². The summed E-state index contributed by atoms with van der Waals surface area (Å²) in [6.07, 6.45) is 0. The van der Waals surface area contributed by atoms with Crippen LogP contribution in [-0.4, -0.2) is 48.8 Å². The number of nitrogens with zero attached hydrogens (tertiary/aromatic N) is 2. The molecule has 2 rings (SSSR count). The predicted molar refractivity (Wildman–Crippen MR) is 176 cm³/mol. The molecule has 0 aromatic heterocycles. The van der Waals surface area contributed by atoms with Crippen LogP contribution in [0.1, 0.15) is 83.1 Å². The van der Waals surface area contributed by atoms with Gasteiger partial charge in [-0.05, 0) is 0 Å².